The van der Waals surface area contributed by atoms with Gasteiger partial charge in [0.2, 0.25) is 0 Å². The van der Waals surface area contributed by atoms with Gasteiger partial charge in [-0.05, 0) is 30.3 Å². The summed E-state index contributed by atoms with van der Waals surface area (Å²) in [5.41, 5.74) is 1.63. The van der Waals surface area contributed by atoms with Crippen molar-refractivity contribution in [3.63, 3.8) is 0 Å². The summed E-state index contributed by atoms with van der Waals surface area (Å²) in [5.74, 6) is -0.629. The van der Waals surface area contributed by atoms with Gasteiger partial charge >= 0.3 is 0 Å². The molecule has 0 aliphatic rings. The molecule has 3 rings (SSSR count). The molecule has 0 bridgehead atoms. The zero-order valence-corrected chi connectivity index (χ0v) is 11.1. The van der Waals surface area contributed by atoms with Crippen molar-refractivity contribution in [1.82, 2.24) is 4.98 Å². The van der Waals surface area contributed by atoms with Crippen LogP contribution in [0.2, 0.25) is 0 Å². The molecule has 0 saturated carbocycles. The maximum absolute atomic E-state index is 13.7. The number of nitrogens with one attached hydrogen (secondary N) is 1. The van der Waals surface area contributed by atoms with Crippen LogP contribution in [-0.4, -0.2) is 4.98 Å². The molecule has 0 radical (unpaired) electrons. The predicted octanol–water partition coefficient (Wildman–Crippen LogP) is 4.83. The van der Waals surface area contributed by atoms with Gasteiger partial charge in [-0.3, -0.25) is 0 Å². The van der Waals surface area contributed by atoms with Crippen LogP contribution in [0.15, 0.2) is 53.9 Å². The first-order chi connectivity index (χ1) is 9.72. The molecule has 0 atom stereocenters. The first kappa shape index (κ1) is 12.7. The monoisotopic (exact) mass is 288 g/mol. The predicted molar refractivity (Wildman–Crippen MR) is 77.2 cm³/mol. The Morgan fingerprint density at radius 1 is 1.00 bits per heavy atom. The number of anilines is 2. The molecule has 3 aromatic rings. The summed E-state index contributed by atoms with van der Waals surface area (Å²) >= 11 is 1.34. The van der Waals surface area contributed by atoms with Gasteiger partial charge in [-0.15, -0.1) is 11.3 Å². The quantitative estimate of drug-likeness (QED) is 0.746. The molecule has 5 heteroatoms. The SMILES string of the molecule is Fc1cccc(Nc2nc(-c3ccccc3F)cs2)c1. The van der Waals surface area contributed by atoms with Crippen LogP contribution >= 0.6 is 11.3 Å². The minimum Gasteiger partial charge on any atom is -0.331 e. The van der Waals surface area contributed by atoms with Crippen molar-refractivity contribution in [3.8, 4) is 11.3 Å². The smallest absolute Gasteiger partial charge is 0.187 e. The van der Waals surface area contributed by atoms with E-state index in [0.29, 0.717) is 22.1 Å². The molecule has 1 N–H and O–H groups in total. The van der Waals surface area contributed by atoms with Crippen LogP contribution < -0.4 is 5.32 Å². The van der Waals surface area contributed by atoms with E-state index in [1.807, 2.05) is 0 Å². The summed E-state index contributed by atoms with van der Waals surface area (Å²) < 4.78 is 26.7. The Bertz CT molecular complexity index is 740. The third-order valence-electron chi connectivity index (χ3n) is 2.73. The molecule has 1 heterocycles. The zero-order valence-electron chi connectivity index (χ0n) is 10.3. The van der Waals surface area contributed by atoms with Gasteiger partial charge in [-0.1, -0.05) is 18.2 Å². The fourth-order valence-corrected chi connectivity index (χ4v) is 2.54. The van der Waals surface area contributed by atoms with Crippen molar-refractivity contribution in [2.75, 3.05) is 5.32 Å². The molecule has 0 fully saturated rings. The minimum atomic E-state index is -0.319. The van der Waals surface area contributed by atoms with E-state index in [-0.39, 0.29) is 11.6 Å². The van der Waals surface area contributed by atoms with Gasteiger partial charge in [-0.2, -0.15) is 0 Å². The van der Waals surface area contributed by atoms with Crippen LogP contribution in [0.4, 0.5) is 19.6 Å². The third kappa shape index (κ3) is 2.67. The number of hydrogen-bond acceptors (Lipinski definition) is 3. The first-order valence-corrected chi connectivity index (χ1v) is 6.83. The van der Waals surface area contributed by atoms with Crippen LogP contribution in [0.25, 0.3) is 11.3 Å². The summed E-state index contributed by atoms with van der Waals surface area (Å²) in [6, 6.07) is 12.6. The van der Waals surface area contributed by atoms with Crippen LogP contribution in [0.3, 0.4) is 0 Å². The van der Waals surface area contributed by atoms with E-state index in [9.17, 15) is 8.78 Å². The molecule has 2 aromatic carbocycles. The Kier molecular flexibility index (Phi) is 3.43. The second kappa shape index (κ2) is 5.38. The number of aromatic nitrogens is 1. The summed E-state index contributed by atoms with van der Waals surface area (Å²) in [6.07, 6.45) is 0. The highest BCUT2D eigenvalue weighted by molar-refractivity contribution is 7.14. The summed E-state index contributed by atoms with van der Waals surface area (Å²) in [4.78, 5) is 4.31. The molecule has 0 saturated heterocycles. The Morgan fingerprint density at radius 2 is 1.85 bits per heavy atom. The van der Waals surface area contributed by atoms with Crippen LogP contribution in [0.5, 0.6) is 0 Å². The topological polar surface area (TPSA) is 24.9 Å². The van der Waals surface area contributed by atoms with Crippen LogP contribution in [-0.2, 0) is 0 Å². The first-order valence-electron chi connectivity index (χ1n) is 5.95. The second-order valence-electron chi connectivity index (χ2n) is 4.15. The summed E-state index contributed by atoms with van der Waals surface area (Å²) in [7, 11) is 0. The molecular formula is C15H10F2N2S. The Labute approximate surface area is 118 Å². The van der Waals surface area contributed by atoms with E-state index in [2.05, 4.69) is 10.3 Å². The van der Waals surface area contributed by atoms with Gasteiger partial charge in [-0.25, -0.2) is 13.8 Å². The van der Waals surface area contributed by atoms with Crippen LogP contribution in [0, 0.1) is 11.6 Å². The Balaban J connectivity index is 1.86. The van der Waals surface area contributed by atoms with E-state index in [4.69, 9.17) is 0 Å². The van der Waals surface area contributed by atoms with Gasteiger partial charge in [0.1, 0.15) is 11.6 Å². The number of hydrogen-bond donors (Lipinski definition) is 1. The minimum absolute atomic E-state index is 0.310. The lowest BCUT2D eigenvalue weighted by atomic mass is 10.2. The van der Waals surface area contributed by atoms with E-state index >= 15 is 0 Å². The van der Waals surface area contributed by atoms with Gasteiger partial charge in [0.05, 0.1) is 5.69 Å². The van der Waals surface area contributed by atoms with Crippen molar-refractivity contribution < 1.29 is 8.78 Å². The van der Waals surface area contributed by atoms with Crippen molar-refractivity contribution in [3.05, 3.63) is 65.5 Å². The molecule has 20 heavy (non-hydrogen) atoms. The van der Waals surface area contributed by atoms with Crippen molar-refractivity contribution in [2.24, 2.45) is 0 Å². The molecule has 0 unspecified atom stereocenters. The van der Waals surface area contributed by atoms with E-state index in [0.717, 1.165) is 0 Å². The Morgan fingerprint density at radius 3 is 2.65 bits per heavy atom. The van der Waals surface area contributed by atoms with Crippen molar-refractivity contribution in [2.45, 2.75) is 0 Å². The molecule has 0 aliphatic carbocycles. The zero-order chi connectivity index (χ0) is 13.9. The average molecular weight is 288 g/mol. The number of halogens is 2. The second-order valence-corrected chi connectivity index (χ2v) is 5.01. The van der Waals surface area contributed by atoms with E-state index in [1.165, 1.54) is 29.5 Å². The van der Waals surface area contributed by atoms with E-state index < -0.39 is 0 Å². The Hall–Kier alpha value is -2.27. The standard InChI is InChI=1S/C15H10F2N2S/c16-10-4-3-5-11(8-10)18-15-19-14(9-20-15)12-6-1-2-7-13(12)17/h1-9H,(H,18,19). The fourth-order valence-electron chi connectivity index (χ4n) is 1.81. The summed E-state index contributed by atoms with van der Waals surface area (Å²) in [6.45, 7) is 0. The third-order valence-corrected chi connectivity index (χ3v) is 3.49. The van der Waals surface area contributed by atoms with Crippen molar-refractivity contribution >= 4 is 22.2 Å². The fraction of sp³-hybridized carbons (Fsp3) is 0. The van der Waals surface area contributed by atoms with Gasteiger partial charge < -0.3 is 5.32 Å². The maximum Gasteiger partial charge on any atom is 0.187 e. The molecule has 0 amide bonds. The maximum atomic E-state index is 13.7. The molecule has 2 nitrogen and oxygen atoms in total. The normalized spacial score (nSPS) is 10.5. The lowest BCUT2D eigenvalue weighted by Crippen LogP contribution is -1.90. The van der Waals surface area contributed by atoms with Crippen LogP contribution in [0.1, 0.15) is 0 Å². The highest BCUT2D eigenvalue weighted by Crippen LogP contribution is 2.28. The largest absolute Gasteiger partial charge is 0.331 e. The summed E-state index contributed by atoms with van der Waals surface area (Å²) in [5, 5.41) is 5.35. The lowest BCUT2D eigenvalue weighted by molar-refractivity contribution is 0.628. The van der Waals surface area contributed by atoms with Crippen molar-refractivity contribution in [1.29, 1.82) is 0 Å². The van der Waals surface area contributed by atoms with Gasteiger partial charge in [0.15, 0.2) is 5.13 Å². The highest BCUT2D eigenvalue weighted by atomic mass is 32.1. The lowest BCUT2D eigenvalue weighted by Gasteiger charge is -2.02. The number of nitrogens with zero attached hydrogens (tertiary/aromatic N) is 1. The number of rotatable bonds is 3. The molecule has 100 valence electrons. The number of thiazole rings is 1. The number of benzene rings is 2. The van der Waals surface area contributed by atoms with E-state index in [1.54, 1.807) is 35.7 Å². The molecular weight excluding hydrogens is 278 g/mol. The van der Waals surface area contributed by atoms with Gasteiger partial charge in [0.25, 0.3) is 0 Å². The molecule has 0 aliphatic heterocycles. The molecule has 1 aromatic heterocycles. The van der Waals surface area contributed by atoms with Gasteiger partial charge in [0, 0.05) is 16.6 Å². The highest BCUT2D eigenvalue weighted by Gasteiger charge is 2.08. The molecule has 0 spiro atoms. The average Bonchev–Trinajstić information content (AvgIpc) is 2.87.